The van der Waals surface area contributed by atoms with Crippen LogP contribution >= 0.6 is 0 Å². The number of primary amides is 1. The van der Waals surface area contributed by atoms with E-state index in [9.17, 15) is 14.7 Å². The lowest BCUT2D eigenvalue weighted by atomic mass is 10.0. The molecule has 0 aliphatic rings. The van der Waals surface area contributed by atoms with Crippen LogP contribution in [0.1, 0.15) is 42.3 Å². The van der Waals surface area contributed by atoms with Crippen molar-refractivity contribution in [2.75, 3.05) is 6.61 Å². The Bertz CT molecular complexity index is 1700. The Hall–Kier alpha value is -5.19. The third kappa shape index (κ3) is 7.07. The molecule has 0 fully saturated rings. The van der Waals surface area contributed by atoms with Gasteiger partial charge >= 0.3 is 5.97 Å². The van der Waals surface area contributed by atoms with Gasteiger partial charge < -0.3 is 30.0 Å². The van der Waals surface area contributed by atoms with Crippen molar-refractivity contribution in [3.63, 3.8) is 0 Å². The van der Waals surface area contributed by atoms with Gasteiger partial charge in [0, 0.05) is 17.7 Å². The number of hydrogen-bond acceptors (Lipinski definition) is 9. The maximum atomic E-state index is 11.7. The number of carbonyl (C=O) groups excluding carboxylic acids is 2. The molecule has 0 aliphatic heterocycles. The van der Waals surface area contributed by atoms with E-state index in [2.05, 4.69) is 33.8 Å². The van der Waals surface area contributed by atoms with E-state index in [1.165, 1.54) is 19.3 Å². The van der Waals surface area contributed by atoms with Gasteiger partial charge in [0.05, 0.1) is 18.5 Å². The van der Waals surface area contributed by atoms with Gasteiger partial charge in [-0.2, -0.15) is 4.98 Å². The van der Waals surface area contributed by atoms with E-state index in [0.717, 1.165) is 16.6 Å². The SMILES string of the molecule is CC(=O)OCc1ccc(Oc2cc(C(N)=O)c(O)c3ccccc23)c(C)c1.CC(C)COc1ncnc2nc[nH]c12. The van der Waals surface area contributed by atoms with Gasteiger partial charge in [0.25, 0.3) is 5.91 Å². The second-order valence-corrected chi connectivity index (χ2v) is 9.65. The highest BCUT2D eigenvalue weighted by molar-refractivity contribution is 6.05. The molecule has 1 amide bonds. The van der Waals surface area contributed by atoms with Crippen molar-refractivity contribution in [3.8, 4) is 23.1 Å². The number of aryl methyl sites for hydroxylation is 1. The van der Waals surface area contributed by atoms with Crippen molar-refractivity contribution < 1.29 is 28.9 Å². The largest absolute Gasteiger partial charge is 0.506 e. The van der Waals surface area contributed by atoms with Crippen LogP contribution in [-0.4, -0.2) is 43.5 Å². The fourth-order valence-electron chi connectivity index (χ4n) is 3.92. The Morgan fingerprint density at radius 1 is 1.02 bits per heavy atom. The van der Waals surface area contributed by atoms with Crippen LogP contribution in [-0.2, 0) is 16.1 Å². The van der Waals surface area contributed by atoms with E-state index >= 15 is 0 Å². The number of fused-ring (bicyclic) bond motifs is 2. The summed E-state index contributed by atoms with van der Waals surface area (Å²) < 4.78 is 16.5. The van der Waals surface area contributed by atoms with Crippen LogP contribution in [0.3, 0.4) is 0 Å². The summed E-state index contributed by atoms with van der Waals surface area (Å²) in [6.07, 6.45) is 3.04. The smallest absolute Gasteiger partial charge is 0.302 e. The Labute approximate surface area is 236 Å². The average molecular weight is 558 g/mol. The molecule has 0 atom stereocenters. The van der Waals surface area contributed by atoms with Crippen LogP contribution in [0, 0.1) is 12.8 Å². The van der Waals surface area contributed by atoms with Gasteiger partial charge in [-0.1, -0.05) is 44.2 Å². The highest BCUT2D eigenvalue weighted by Gasteiger charge is 2.17. The van der Waals surface area contributed by atoms with Crippen molar-refractivity contribution in [2.45, 2.75) is 34.3 Å². The van der Waals surface area contributed by atoms with Gasteiger partial charge in [-0.25, -0.2) is 9.97 Å². The molecule has 0 unspecified atom stereocenters. The molecule has 5 rings (SSSR count). The Kier molecular flexibility index (Phi) is 8.98. The number of benzene rings is 3. The zero-order valence-electron chi connectivity index (χ0n) is 23.2. The number of imidazole rings is 1. The molecule has 5 aromatic rings. The third-order valence-corrected chi connectivity index (χ3v) is 5.89. The molecule has 0 bridgehead atoms. The van der Waals surface area contributed by atoms with Crippen LogP contribution in [0.2, 0.25) is 0 Å². The quantitative estimate of drug-likeness (QED) is 0.218. The van der Waals surface area contributed by atoms with Crippen LogP contribution in [0.15, 0.2) is 61.2 Å². The van der Waals surface area contributed by atoms with Crippen molar-refractivity contribution in [2.24, 2.45) is 11.7 Å². The summed E-state index contributed by atoms with van der Waals surface area (Å²) in [5.74, 6) is 0.781. The van der Waals surface area contributed by atoms with E-state index in [1.807, 2.05) is 19.1 Å². The summed E-state index contributed by atoms with van der Waals surface area (Å²) in [5, 5.41) is 11.4. The first-order valence-electron chi connectivity index (χ1n) is 12.9. The first kappa shape index (κ1) is 28.8. The predicted molar refractivity (Wildman–Crippen MR) is 153 cm³/mol. The minimum atomic E-state index is -0.739. The Balaban J connectivity index is 0.000000231. The van der Waals surface area contributed by atoms with Gasteiger partial charge in [0.15, 0.2) is 5.65 Å². The lowest BCUT2D eigenvalue weighted by Gasteiger charge is -2.14. The summed E-state index contributed by atoms with van der Waals surface area (Å²) in [6.45, 7) is 8.23. The topological polar surface area (TPSA) is 163 Å². The molecular weight excluding hydrogens is 526 g/mol. The standard InChI is InChI=1S/C21H19NO5.C9H12N4O/c1-12-9-14(11-26-13(2)23)7-8-18(12)27-19-10-17(21(22)25)20(24)16-6-4-3-5-15(16)19;1-6(2)3-14-9-7-8(11-4-10-7)12-5-13-9/h3-10,24H,11H2,1-2H3,(H2,22,25);4-6H,3H2,1-2H3,(H,10,11,12,13). The number of esters is 1. The fourth-order valence-corrected chi connectivity index (χ4v) is 3.92. The number of H-pyrrole nitrogens is 1. The van der Waals surface area contributed by atoms with Gasteiger partial charge in [-0.05, 0) is 42.2 Å². The maximum Gasteiger partial charge on any atom is 0.302 e. The number of aromatic nitrogens is 4. The number of ether oxygens (including phenoxy) is 3. The number of hydrogen-bond donors (Lipinski definition) is 3. The van der Waals surface area contributed by atoms with Crippen LogP contribution < -0.4 is 15.2 Å². The molecule has 2 aromatic heterocycles. The van der Waals surface area contributed by atoms with Gasteiger partial charge in [0.2, 0.25) is 5.88 Å². The minimum absolute atomic E-state index is 0.00664. The molecule has 4 N–H and O–H groups in total. The van der Waals surface area contributed by atoms with E-state index in [4.69, 9.17) is 19.9 Å². The van der Waals surface area contributed by atoms with Gasteiger partial charge in [-0.3, -0.25) is 9.59 Å². The maximum absolute atomic E-state index is 11.7. The predicted octanol–water partition coefficient (Wildman–Crippen LogP) is 5.20. The number of carbonyl (C=O) groups is 2. The molecule has 2 heterocycles. The van der Waals surface area contributed by atoms with Crippen LogP contribution in [0.25, 0.3) is 21.9 Å². The van der Waals surface area contributed by atoms with E-state index in [0.29, 0.717) is 46.3 Å². The van der Waals surface area contributed by atoms with Crippen molar-refractivity contribution in [1.29, 1.82) is 0 Å². The van der Waals surface area contributed by atoms with Crippen molar-refractivity contribution in [3.05, 3.63) is 77.9 Å². The number of nitrogens with two attached hydrogens (primary N) is 1. The summed E-state index contributed by atoms with van der Waals surface area (Å²) in [7, 11) is 0. The van der Waals surface area contributed by atoms with Gasteiger partial charge in [0.1, 0.15) is 35.7 Å². The summed E-state index contributed by atoms with van der Waals surface area (Å²) in [6, 6.07) is 13.9. The number of aromatic amines is 1. The molecule has 0 radical (unpaired) electrons. The molecule has 3 aromatic carbocycles. The number of nitrogens with one attached hydrogen (secondary N) is 1. The van der Waals surface area contributed by atoms with Crippen molar-refractivity contribution in [1.82, 2.24) is 19.9 Å². The zero-order valence-corrected chi connectivity index (χ0v) is 23.2. The highest BCUT2D eigenvalue weighted by Crippen LogP contribution is 2.38. The zero-order chi connectivity index (χ0) is 29.5. The van der Waals surface area contributed by atoms with Gasteiger partial charge in [-0.15, -0.1) is 0 Å². The molecule has 0 spiro atoms. The first-order valence-corrected chi connectivity index (χ1v) is 12.9. The summed E-state index contributed by atoms with van der Waals surface area (Å²) in [4.78, 5) is 37.6. The molecule has 41 heavy (non-hydrogen) atoms. The van der Waals surface area contributed by atoms with Crippen molar-refractivity contribution >= 4 is 33.8 Å². The fraction of sp³-hybridized carbons (Fsp3) is 0.233. The minimum Gasteiger partial charge on any atom is -0.506 e. The molecule has 11 heteroatoms. The summed E-state index contributed by atoms with van der Waals surface area (Å²) in [5.41, 5.74) is 8.44. The molecule has 0 aliphatic carbocycles. The second-order valence-electron chi connectivity index (χ2n) is 9.65. The monoisotopic (exact) mass is 557 g/mol. The van der Waals surface area contributed by atoms with Crippen LogP contribution in [0.4, 0.5) is 0 Å². The molecular formula is C30H31N5O6. The average Bonchev–Trinajstić information content (AvgIpc) is 3.43. The number of phenols is 1. The third-order valence-electron chi connectivity index (χ3n) is 5.89. The number of rotatable bonds is 8. The first-order chi connectivity index (χ1) is 19.6. The highest BCUT2D eigenvalue weighted by atomic mass is 16.5. The van der Waals surface area contributed by atoms with E-state index in [1.54, 1.807) is 36.7 Å². The molecule has 0 saturated carbocycles. The van der Waals surface area contributed by atoms with E-state index < -0.39 is 5.91 Å². The number of aromatic hydroxyl groups is 1. The van der Waals surface area contributed by atoms with Crippen LogP contribution in [0.5, 0.6) is 23.1 Å². The number of amides is 1. The van der Waals surface area contributed by atoms with E-state index in [-0.39, 0.29) is 23.9 Å². The number of nitrogens with zero attached hydrogens (tertiary/aromatic N) is 3. The molecule has 11 nitrogen and oxygen atoms in total. The lowest BCUT2D eigenvalue weighted by molar-refractivity contribution is -0.142. The second kappa shape index (κ2) is 12.8. The lowest BCUT2D eigenvalue weighted by Crippen LogP contribution is -2.11. The summed E-state index contributed by atoms with van der Waals surface area (Å²) >= 11 is 0. The Morgan fingerprint density at radius 2 is 1.78 bits per heavy atom. The molecule has 0 saturated heterocycles. The molecule has 212 valence electrons. The normalized spacial score (nSPS) is 10.8. The Morgan fingerprint density at radius 3 is 2.46 bits per heavy atom.